The molecule has 2 rings (SSSR count). The number of carbonyl (C=O) groups excluding carboxylic acids is 1. The molecule has 0 bridgehead atoms. The zero-order valence-corrected chi connectivity index (χ0v) is 9.72. The van der Waals surface area contributed by atoms with Crippen molar-refractivity contribution in [2.24, 2.45) is 0 Å². The van der Waals surface area contributed by atoms with E-state index in [9.17, 15) is 4.79 Å². The van der Waals surface area contributed by atoms with Crippen LogP contribution in [0.1, 0.15) is 29.0 Å². The van der Waals surface area contributed by atoms with Gasteiger partial charge in [0.1, 0.15) is 0 Å². The fourth-order valence-corrected chi connectivity index (χ4v) is 1.64. The molecule has 0 unspecified atom stereocenters. The van der Waals surface area contributed by atoms with Gasteiger partial charge in [-0.3, -0.25) is 4.79 Å². The van der Waals surface area contributed by atoms with Gasteiger partial charge in [0, 0.05) is 6.54 Å². The highest BCUT2D eigenvalue weighted by molar-refractivity contribution is 5.91. The predicted octanol–water partition coefficient (Wildman–Crippen LogP) is 2.81. The molecule has 1 heterocycles. The van der Waals surface area contributed by atoms with Crippen molar-refractivity contribution in [2.45, 2.75) is 12.8 Å². The molecule has 3 nitrogen and oxygen atoms in total. The van der Waals surface area contributed by atoms with Gasteiger partial charge in [-0.1, -0.05) is 37.3 Å². The van der Waals surface area contributed by atoms with Gasteiger partial charge in [0.2, 0.25) is 0 Å². The van der Waals surface area contributed by atoms with Crippen molar-refractivity contribution >= 4 is 5.91 Å². The van der Waals surface area contributed by atoms with Gasteiger partial charge in [0.15, 0.2) is 5.76 Å². The second kappa shape index (κ2) is 5.34. The smallest absolute Gasteiger partial charge is 0.286 e. The number of rotatable bonds is 4. The number of hydrogen-bond donors (Lipinski definition) is 1. The zero-order chi connectivity index (χ0) is 12.1. The summed E-state index contributed by atoms with van der Waals surface area (Å²) in [6, 6.07) is 13.5. The van der Waals surface area contributed by atoms with Crippen LogP contribution in [0.15, 0.2) is 53.1 Å². The number of amides is 1. The molecule has 17 heavy (non-hydrogen) atoms. The summed E-state index contributed by atoms with van der Waals surface area (Å²) in [7, 11) is 0. The number of benzene rings is 1. The molecule has 0 radical (unpaired) electrons. The Kier molecular flexibility index (Phi) is 3.60. The molecule has 0 aliphatic heterocycles. The number of carbonyl (C=O) groups is 1. The van der Waals surface area contributed by atoms with E-state index < -0.39 is 0 Å². The second-order valence-electron chi connectivity index (χ2n) is 4.00. The third-order valence-corrected chi connectivity index (χ3v) is 2.68. The van der Waals surface area contributed by atoms with Crippen LogP contribution in [-0.2, 0) is 0 Å². The van der Waals surface area contributed by atoms with Gasteiger partial charge in [-0.25, -0.2) is 0 Å². The highest BCUT2D eigenvalue weighted by Gasteiger charge is 2.10. The van der Waals surface area contributed by atoms with E-state index in [2.05, 4.69) is 24.4 Å². The van der Waals surface area contributed by atoms with Crippen LogP contribution in [-0.4, -0.2) is 12.5 Å². The molecular weight excluding hydrogens is 214 g/mol. The molecule has 88 valence electrons. The first-order valence-electron chi connectivity index (χ1n) is 5.64. The Labute approximate surface area is 100 Å². The van der Waals surface area contributed by atoms with Crippen molar-refractivity contribution in [3.63, 3.8) is 0 Å². The highest BCUT2D eigenvalue weighted by Crippen LogP contribution is 2.13. The van der Waals surface area contributed by atoms with Gasteiger partial charge in [-0.05, 0) is 23.6 Å². The Bertz CT molecular complexity index is 462. The van der Waals surface area contributed by atoms with E-state index in [1.165, 1.54) is 11.8 Å². The molecule has 0 aliphatic carbocycles. The van der Waals surface area contributed by atoms with Crippen LogP contribution < -0.4 is 5.32 Å². The maximum atomic E-state index is 11.6. The fraction of sp³-hybridized carbons (Fsp3) is 0.214. The summed E-state index contributed by atoms with van der Waals surface area (Å²) in [6.07, 6.45) is 1.50. The summed E-state index contributed by atoms with van der Waals surface area (Å²) < 4.78 is 5.02. The summed E-state index contributed by atoms with van der Waals surface area (Å²) in [5, 5.41) is 2.85. The minimum absolute atomic E-state index is 0.169. The number of furan rings is 1. The Morgan fingerprint density at radius 1 is 1.24 bits per heavy atom. The fourth-order valence-electron chi connectivity index (χ4n) is 1.64. The first-order chi connectivity index (χ1) is 8.27. The summed E-state index contributed by atoms with van der Waals surface area (Å²) in [4.78, 5) is 11.6. The lowest BCUT2D eigenvalue weighted by Crippen LogP contribution is -2.27. The van der Waals surface area contributed by atoms with Crippen LogP contribution in [0.2, 0.25) is 0 Å². The summed E-state index contributed by atoms with van der Waals surface area (Å²) >= 11 is 0. The normalized spacial score (nSPS) is 12.1. The first-order valence-corrected chi connectivity index (χ1v) is 5.64. The number of nitrogens with one attached hydrogen (secondary N) is 1. The van der Waals surface area contributed by atoms with Crippen LogP contribution in [0.25, 0.3) is 0 Å². The van der Waals surface area contributed by atoms with Crippen LogP contribution in [0.5, 0.6) is 0 Å². The standard InChI is InChI=1S/C14H15NO2/c1-11(12-6-3-2-4-7-12)10-15-14(16)13-8-5-9-17-13/h2-9,11H,10H2,1H3,(H,15,16)/t11-/m0/s1. The maximum absolute atomic E-state index is 11.6. The Hall–Kier alpha value is -2.03. The van der Waals surface area contributed by atoms with Gasteiger partial charge in [-0.15, -0.1) is 0 Å². The molecule has 0 saturated carbocycles. The van der Waals surface area contributed by atoms with E-state index >= 15 is 0 Å². The van der Waals surface area contributed by atoms with E-state index in [1.54, 1.807) is 12.1 Å². The quantitative estimate of drug-likeness (QED) is 0.876. The minimum Gasteiger partial charge on any atom is -0.459 e. The van der Waals surface area contributed by atoms with Gasteiger partial charge >= 0.3 is 0 Å². The second-order valence-corrected chi connectivity index (χ2v) is 4.00. The van der Waals surface area contributed by atoms with Gasteiger partial charge < -0.3 is 9.73 Å². The van der Waals surface area contributed by atoms with Crippen molar-refractivity contribution in [3.8, 4) is 0 Å². The molecule has 3 heteroatoms. The van der Waals surface area contributed by atoms with Crippen LogP contribution >= 0.6 is 0 Å². The lowest BCUT2D eigenvalue weighted by atomic mass is 10.0. The minimum atomic E-state index is -0.169. The zero-order valence-electron chi connectivity index (χ0n) is 9.72. The van der Waals surface area contributed by atoms with Crippen LogP contribution in [0.3, 0.4) is 0 Å². The molecule has 2 aromatic rings. The lowest BCUT2D eigenvalue weighted by molar-refractivity contribution is 0.0924. The van der Waals surface area contributed by atoms with Crippen LogP contribution in [0, 0.1) is 0 Å². The van der Waals surface area contributed by atoms with Gasteiger partial charge in [-0.2, -0.15) is 0 Å². The first kappa shape index (κ1) is 11.5. The Morgan fingerprint density at radius 3 is 2.65 bits per heavy atom. The topological polar surface area (TPSA) is 42.2 Å². The highest BCUT2D eigenvalue weighted by atomic mass is 16.3. The molecule has 1 aromatic carbocycles. The third-order valence-electron chi connectivity index (χ3n) is 2.68. The Morgan fingerprint density at radius 2 is 2.00 bits per heavy atom. The van der Waals surface area contributed by atoms with Gasteiger partial charge in [0.05, 0.1) is 6.26 Å². The molecule has 0 spiro atoms. The van der Waals surface area contributed by atoms with Crippen LogP contribution in [0.4, 0.5) is 0 Å². The molecule has 0 fully saturated rings. The molecule has 1 atom stereocenters. The average Bonchev–Trinajstić information content (AvgIpc) is 2.90. The van der Waals surface area contributed by atoms with E-state index in [1.807, 2.05) is 18.2 Å². The third kappa shape index (κ3) is 2.97. The van der Waals surface area contributed by atoms with Crippen molar-refractivity contribution in [2.75, 3.05) is 6.54 Å². The Balaban J connectivity index is 1.89. The predicted molar refractivity (Wildman–Crippen MR) is 65.9 cm³/mol. The molecular formula is C14H15NO2. The average molecular weight is 229 g/mol. The van der Waals surface area contributed by atoms with Crippen molar-refractivity contribution in [1.82, 2.24) is 5.32 Å². The van der Waals surface area contributed by atoms with Crippen molar-refractivity contribution < 1.29 is 9.21 Å². The van der Waals surface area contributed by atoms with E-state index in [0.29, 0.717) is 12.3 Å². The van der Waals surface area contributed by atoms with Crippen molar-refractivity contribution in [3.05, 3.63) is 60.1 Å². The summed E-state index contributed by atoms with van der Waals surface area (Å²) in [6.45, 7) is 2.68. The van der Waals surface area contributed by atoms with Gasteiger partial charge in [0.25, 0.3) is 5.91 Å². The SMILES string of the molecule is C[C@@H](CNC(=O)c1ccco1)c1ccccc1. The lowest BCUT2D eigenvalue weighted by Gasteiger charge is -2.12. The monoisotopic (exact) mass is 229 g/mol. The van der Waals surface area contributed by atoms with Crippen molar-refractivity contribution in [1.29, 1.82) is 0 Å². The molecule has 1 amide bonds. The van der Waals surface area contributed by atoms with E-state index in [4.69, 9.17) is 4.42 Å². The maximum Gasteiger partial charge on any atom is 0.286 e. The molecule has 0 aliphatic rings. The number of hydrogen-bond acceptors (Lipinski definition) is 2. The molecule has 1 N–H and O–H groups in total. The molecule has 0 saturated heterocycles. The summed E-state index contributed by atoms with van der Waals surface area (Å²) in [5.74, 6) is 0.471. The molecule has 1 aromatic heterocycles. The van der Waals surface area contributed by atoms with E-state index in [0.717, 1.165) is 0 Å². The van der Waals surface area contributed by atoms with E-state index in [-0.39, 0.29) is 11.8 Å². The summed E-state index contributed by atoms with van der Waals surface area (Å²) in [5.41, 5.74) is 1.22. The largest absolute Gasteiger partial charge is 0.459 e.